The first-order valence-corrected chi connectivity index (χ1v) is 10.1. The van der Waals surface area contributed by atoms with Crippen molar-refractivity contribution in [1.82, 2.24) is 9.97 Å². The molecule has 0 radical (unpaired) electrons. The van der Waals surface area contributed by atoms with Crippen molar-refractivity contribution < 1.29 is 24.2 Å². The van der Waals surface area contributed by atoms with E-state index in [1.165, 1.54) is 13.2 Å². The maximum atomic E-state index is 12.7. The van der Waals surface area contributed by atoms with Gasteiger partial charge in [-0.2, -0.15) is 4.98 Å². The standard InChI is InChI=1S/C21H27N5O5/c1-5-15-19(28)25(3)16-12-22-21(24-18(16)26(15)6-2)23-14-8-7-13(20(29)30-4)11-17(14)31-10-9-27/h7-8,11-12,15,27H,5-6,9-10H2,1-4H3,(H,22,23,24)/t15-/m1/s1. The summed E-state index contributed by atoms with van der Waals surface area (Å²) in [7, 11) is 3.02. The van der Waals surface area contributed by atoms with E-state index in [1.54, 1.807) is 30.3 Å². The van der Waals surface area contributed by atoms with Crippen molar-refractivity contribution in [1.29, 1.82) is 0 Å². The van der Waals surface area contributed by atoms with Gasteiger partial charge < -0.3 is 29.7 Å². The number of aromatic nitrogens is 2. The average molecular weight is 429 g/mol. The number of likely N-dealkylation sites (N-methyl/N-ethyl adjacent to an activating group) is 2. The molecule has 1 aromatic heterocycles. The molecule has 10 nitrogen and oxygen atoms in total. The highest BCUT2D eigenvalue weighted by Gasteiger charge is 2.36. The van der Waals surface area contributed by atoms with Gasteiger partial charge in [0.05, 0.1) is 31.2 Å². The van der Waals surface area contributed by atoms with Crippen LogP contribution in [0, 0.1) is 0 Å². The van der Waals surface area contributed by atoms with Crippen molar-refractivity contribution in [3.8, 4) is 5.75 Å². The summed E-state index contributed by atoms with van der Waals surface area (Å²) in [6.45, 7) is 4.45. The number of benzene rings is 1. The predicted molar refractivity (Wildman–Crippen MR) is 116 cm³/mol. The third-order valence-corrected chi connectivity index (χ3v) is 5.10. The quantitative estimate of drug-likeness (QED) is 0.607. The lowest BCUT2D eigenvalue weighted by Gasteiger charge is -2.39. The van der Waals surface area contributed by atoms with Crippen LogP contribution in [0.15, 0.2) is 24.4 Å². The SMILES string of the molecule is CC[C@@H]1C(=O)N(C)c2cnc(Nc3ccc(C(=O)OC)cc3OCCO)nc2N1CC. The smallest absolute Gasteiger partial charge is 0.337 e. The number of nitrogens with one attached hydrogen (secondary N) is 1. The number of carbonyl (C=O) groups excluding carboxylic acids is 2. The van der Waals surface area contributed by atoms with E-state index in [4.69, 9.17) is 14.6 Å². The summed E-state index contributed by atoms with van der Waals surface area (Å²) in [6, 6.07) is 4.49. The zero-order chi connectivity index (χ0) is 22.5. The summed E-state index contributed by atoms with van der Waals surface area (Å²) >= 11 is 0. The molecule has 0 saturated carbocycles. The highest BCUT2D eigenvalue weighted by Crippen LogP contribution is 2.36. The second kappa shape index (κ2) is 9.61. The number of nitrogens with zero attached hydrogens (tertiary/aromatic N) is 4. The normalized spacial score (nSPS) is 15.5. The molecule has 31 heavy (non-hydrogen) atoms. The number of ether oxygens (including phenoxy) is 2. The Morgan fingerprint density at radius 3 is 2.74 bits per heavy atom. The molecule has 166 valence electrons. The van der Waals surface area contributed by atoms with E-state index >= 15 is 0 Å². The van der Waals surface area contributed by atoms with Crippen LogP contribution in [-0.2, 0) is 9.53 Å². The molecular formula is C21H27N5O5. The third kappa shape index (κ3) is 4.38. The second-order valence-corrected chi connectivity index (χ2v) is 6.91. The van der Waals surface area contributed by atoms with Crippen molar-refractivity contribution in [3.63, 3.8) is 0 Å². The van der Waals surface area contributed by atoms with Crippen LogP contribution in [0.25, 0.3) is 0 Å². The fraction of sp³-hybridized carbons (Fsp3) is 0.429. The number of rotatable bonds is 8. The largest absolute Gasteiger partial charge is 0.489 e. The van der Waals surface area contributed by atoms with Gasteiger partial charge in [0, 0.05) is 13.6 Å². The lowest BCUT2D eigenvalue weighted by atomic mass is 10.1. The zero-order valence-corrected chi connectivity index (χ0v) is 18.1. The average Bonchev–Trinajstić information content (AvgIpc) is 2.79. The van der Waals surface area contributed by atoms with Crippen LogP contribution in [-0.4, -0.2) is 66.9 Å². The van der Waals surface area contributed by atoms with Crippen LogP contribution < -0.4 is 19.9 Å². The van der Waals surface area contributed by atoms with E-state index in [0.717, 1.165) is 0 Å². The van der Waals surface area contributed by atoms with Crippen molar-refractivity contribution in [2.24, 2.45) is 0 Å². The van der Waals surface area contributed by atoms with Crippen molar-refractivity contribution in [2.75, 3.05) is 49.0 Å². The molecule has 1 aliphatic heterocycles. The summed E-state index contributed by atoms with van der Waals surface area (Å²) in [4.78, 5) is 37.1. The van der Waals surface area contributed by atoms with Gasteiger partial charge in [0.15, 0.2) is 5.82 Å². The van der Waals surface area contributed by atoms with Gasteiger partial charge in [-0.3, -0.25) is 4.79 Å². The fourth-order valence-electron chi connectivity index (χ4n) is 3.53. The molecule has 0 saturated heterocycles. The molecular weight excluding hydrogens is 402 g/mol. The minimum Gasteiger partial charge on any atom is -0.489 e. The van der Waals surface area contributed by atoms with E-state index in [0.29, 0.717) is 47.4 Å². The number of fused-ring (bicyclic) bond motifs is 1. The fourth-order valence-corrected chi connectivity index (χ4v) is 3.53. The molecule has 10 heteroatoms. The molecule has 1 amide bonds. The predicted octanol–water partition coefficient (Wildman–Crippen LogP) is 1.96. The molecule has 1 atom stereocenters. The van der Waals surface area contributed by atoms with Crippen LogP contribution >= 0.6 is 0 Å². The molecule has 2 N–H and O–H groups in total. The second-order valence-electron chi connectivity index (χ2n) is 6.91. The van der Waals surface area contributed by atoms with Gasteiger partial charge in [0.2, 0.25) is 11.9 Å². The number of methoxy groups -OCH3 is 1. The van der Waals surface area contributed by atoms with Crippen molar-refractivity contribution >= 4 is 35.0 Å². The molecule has 3 rings (SSSR count). The number of hydrogen-bond acceptors (Lipinski definition) is 9. The molecule has 0 bridgehead atoms. The Bertz CT molecular complexity index is 967. The minimum absolute atomic E-state index is 0.0132. The number of hydrogen-bond donors (Lipinski definition) is 2. The monoisotopic (exact) mass is 429 g/mol. The van der Waals surface area contributed by atoms with E-state index in [-0.39, 0.29) is 25.2 Å². The first-order chi connectivity index (χ1) is 14.9. The Morgan fingerprint density at radius 1 is 1.32 bits per heavy atom. The third-order valence-electron chi connectivity index (χ3n) is 5.10. The summed E-state index contributed by atoms with van der Waals surface area (Å²) in [6.07, 6.45) is 2.27. The summed E-state index contributed by atoms with van der Waals surface area (Å²) < 4.78 is 10.3. The number of carbonyl (C=O) groups is 2. The Kier molecular flexibility index (Phi) is 6.91. The molecule has 0 unspecified atom stereocenters. The van der Waals surface area contributed by atoms with Gasteiger partial charge in [-0.15, -0.1) is 0 Å². The van der Waals surface area contributed by atoms with Gasteiger partial charge in [0.25, 0.3) is 0 Å². The Hall–Kier alpha value is -3.40. The maximum Gasteiger partial charge on any atom is 0.337 e. The summed E-state index contributed by atoms with van der Waals surface area (Å²) in [5.74, 6) is 0.846. The Labute approximate surface area is 180 Å². The van der Waals surface area contributed by atoms with Crippen molar-refractivity contribution in [3.05, 3.63) is 30.0 Å². The Morgan fingerprint density at radius 2 is 2.10 bits per heavy atom. The van der Waals surface area contributed by atoms with E-state index < -0.39 is 5.97 Å². The highest BCUT2D eigenvalue weighted by atomic mass is 16.5. The van der Waals surface area contributed by atoms with Gasteiger partial charge in [-0.05, 0) is 31.5 Å². The molecule has 2 aromatic rings. The van der Waals surface area contributed by atoms with Crippen LogP contribution in [0.4, 0.5) is 23.1 Å². The minimum atomic E-state index is -0.498. The Balaban J connectivity index is 1.97. The number of esters is 1. The van der Waals surface area contributed by atoms with Gasteiger partial charge >= 0.3 is 5.97 Å². The maximum absolute atomic E-state index is 12.7. The van der Waals surface area contributed by atoms with E-state index in [1.807, 2.05) is 18.7 Å². The van der Waals surface area contributed by atoms with E-state index in [9.17, 15) is 9.59 Å². The number of aliphatic hydroxyl groups is 1. The highest BCUT2D eigenvalue weighted by molar-refractivity contribution is 6.04. The topological polar surface area (TPSA) is 117 Å². The van der Waals surface area contributed by atoms with Gasteiger partial charge in [-0.25, -0.2) is 9.78 Å². The van der Waals surface area contributed by atoms with Crippen LogP contribution in [0.1, 0.15) is 30.6 Å². The molecule has 0 fully saturated rings. The van der Waals surface area contributed by atoms with Crippen LogP contribution in [0.3, 0.4) is 0 Å². The molecule has 0 aliphatic carbocycles. The van der Waals surface area contributed by atoms with Crippen LogP contribution in [0.5, 0.6) is 5.75 Å². The van der Waals surface area contributed by atoms with E-state index in [2.05, 4.69) is 15.3 Å². The van der Waals surface area contributed by atoms with Crippen LogP contribution in [0.2, 0.25) is 0 Å². The summed E-state index contributed by atoms with van der Waals surface area (Å²) in [5, 5.41) is 12.2. The lowest BCUT2D eigenvalue weighted by molar-refractivity contribution is -0.120. The van der Waals surface area contributed by atoms with Crippen molar-refractivity contribution in [2.45, 2.75) is 26.3 Å². The number of anilines is 4. The first-order valence-electron chi connectivity index (χ1n) is 10.1. The number of amides is 1. The molecule has 0 spiro atoms. The van der Waals surface area contributed by atoms with Gasteiger partial charge in [-0.1, -0.05) is 6.92 Å². The summed E-state index contributed by atoms with van der Waals surface area (Å²) in [5.41, 5.74) is 1.48. The van der Waals surface area contributed by atoms with Gasteiger partial charge in [0.1, 0.15) is 24.1 Å². The number of aliphatic hydroxyl groups excluding tert-OH is 1. The lowest BCUT2D eigenvalue weighted by Crippen LogP contribution is -2.52. The first kappa shape index (κ1) is 22.3. The molecule has 2 heterocycles. The molecule has 1 aliphatic rings. The zero-order valence-electron chi connectivity index (χ0n) is 18.1. The molecule has 1 aromatic carbocycles.